The Morgan fingerprint density at radius 3 is 1.53 bits per heavy atom. The number of hydrogen-bond acceptors (Lipinski definition) is 3. The van der Waals surface area contributed by atoms with Crippen LogP contribution in [0.2, 0.25) is 0 Å². The van der Waals surface area contributed by atoms with Crippen molar-refractivity contribution in [3.05, 3.63) is 0 Å². The third-order valence-corrected chi connectivity index (χ3v) is 1.65. The molecule has 1 saturated heterocycles. The SMILES string of the molecule is C.C1CCNC1.CCCC.O=CCC=O.[HH]. The van der Waals surface area contributed by atoms with Gasteiger partial charge in [-0.3, -0.25) is 0 Å². The van der Waals surface area contributed by atoms with E-state index in [-0.39, 0.29) is 15.3 Å². The highest BCUT2D eigenvalue weighted by Gasteiger charge is 1.93. The number of carbonyl (C=O) groups excluding carboxylic acids is 2. The van der Waals surface area contributed by atoms with Gasteiger partial charge in [0.25, 0.3) is 0 Å². The molecule has 0 amide bonds. The molecule has 1 aliphatic rings. The molecule has 1 heterocycles. The lowest BCUT2D eigenvalue weighted by Gasteiger charge is -1.76. The van der Waals surface area contributed by atoms with Gasteiger partial charge in [-0.25, -0.2) is 0 Å². The summed E-state index contributed by atoms with van der Waals surface area (Å²) in [7, 11) is 0. The first-order chi connectivity index (χ1) is 6.83. The van der Waals surface area contributed by atoms with Gasteiger partial charge in [0.1, 0.15) is 12.6 Å². The second kappa shape index (κ2) is 23.3. The molecule has 0 atom stereocenters. The Bertz CT molecular complexity index is 102. The zero-order chi connectivity index (χ0) is 11.1. The van der Waals surface area contributed by atoms with Crippen molar-refractivity contribution in [2.45, 2.75) is 53.4 Å². The van der Waals surface area contributed by atoms with Crippen LogP contribution in [0.25, 0.3) is 0 Å². The Balaban J connectivity index is -0.0000000641. The molecule has 3 nitrogen and oxygen atoms in total. The molecule has 1 rings (SSSR count). The summed E-state index contributed by atoms with van der Waals surface area (Å²) in [5, 5.41) is 3.22. The zero-order valence-corrected chi connectivity index (χ0v) is 9.42. The Morgan fingerprint density at radius 2 is 1.47 bits per heavy atom. The van der Waals surface area contributed by atoms with E-state index in [4.69, 9.17) is 0 Å². The van der Waals surface area contributed by atoms with Crippen LogP contribution >= 0.6 is 0 Å². The van der Waals surface area contributed by atoms with Gasteiger partial charge < -0.3 is 14.9 Å². The highest BCUT2D eigenvalue weighted by atomic mass is 16.1. The van der Waals surface area contributed by atoms with Crippen molar-refractivity contribution in [1.29, 1.82) is 0 Å². The van der Waals surface area contributed by atoms with E-state index in [1.807, 2.05) is 0 Å². The van der Waals surface area contributed by atoms with Crippen molar-refractivity contribution >= 4 is 12.6 Å². The predicted octanol–water partition coefficient (Wildman–Crippen LogP) is 2.83. The molecule has 0 saturated carbocycles. The lowest BCUT2D eigenvalue weighted by molar-refractivity contribution is -0.114. The van der Waals surface area contributed by atoms with Gasteiger partial charge in [-0.2, -0.15) is 0 Å². The van der Waals surface area contributed by atoms with Crippen molar-refractivity contribution in [2.24, 2.45) is 0 Å². The first-order valence-electron chi connectivity index (χ1n) is 5.41. The van der Waals surface area contributed by atoms with E-state index in [0.29, 0.717) is 12.6 Å². The third kappa shape index (κ3) is 31.9. The van der Waals surface area contributed by atoms with Crippen LogP contribution in [0.4, 0.5) is 0 Å². The molecule has 15 heavy (non-hydrogen) atoms. The van der Waals surface area contributed by atoms with E-state index in [0.717, 1.165) is 0 Å². The van der Waals surface area contributed by atoms with Crippen molar-refractivity contribution in [3.8, 4) is 0 Å². The smallest absolute Gasteiger partial charge is 0.127 e. The Kier molecular flexibility index (Phi) is 30.7. The number of hydrogen-bond donors (Lipinski definition) is 1. The molecule has 0 bridgehead atoms. The summed E-state index contributed by atoms with van der Waals surface area (Å²) in [6.45, 7) is 6.86. The van der Waals surface area contributed by atoms with E-state index >= 15 is 0 Å². The summed E-state index contributed by atoms with van der Waals surface area (Å²) >= 11 is 0. The normalized spacial score (nSPS) is 12.1. The van der Waals surface area contributed by atoms with Gasteiger partial charge in [-0.15, -0.1) is 0 Å². The zero-order valence-electron chi connectivity index (χ0n) is 9.42. The largest absolute Gasteiger partial charge is 0.317 e. The molecule has 0 aliphatic carbocycles. The van der Waals surface area contributed by atoms with Gasteiger partial charge >= 0.3 is 0 Å². The molecule has 0 aromatic rings. The van der Waals surface area contributed by atoms with E-state index < -0.39 is 0 Å². The Hall–Kier alpha value is -0.700. The molecular formula is C12H29NO2. The first-order valence-corrected chi connectivity index (χ1v) is 5.41. The fourth-order valence-corrected chi connectivity index (χ4v) is 0.664. The van der Waals surface area contributed by atoms with E-state index in [9.17, 15) is 9.59 Å². The van der Waals surface area contributed by atoms with E-state index in [1.165, 1.54) is 38.8 Å². The standard InChI is InChI=1S/C4H9N.C4H10.C3H4O2.CH4.H2/c1-2-4-5-3-1;1-3-4-2;4-2-1-3-5;;/h5H,1-4H2;3-4H2,1-2H3;2-3H,1H2;1H4;1H. The summed E-state index contributed by atoms with van der Waals surface area (Å²) in [4.78, 5) is 18.3. The van der Waals surface area contributed by atoms with Crippen LogP contribution in [0.15, 0.2) is 0 Å². The second-order valence-electron chi connectivity index (χ2n) is 3.03. The third-order valence-electron chi connectivity index (χ3n) is 1.65. The van der Waals surface area contributed by atoms with Gasteiger partial charge in [0, 0.05) is 1.43 Å². The molecule has 0 unspecified atom stereocenters. The molecule has 1 fully saturated rings. The maximum Gasteiger partial charge on any atom is 0.127 e. The monoisotopic (exact) mass is 219 g/mol. The number of rotatable bonds is 3. The minimum atomic E-state index is 0. The Labute approximate surface area is 96.1 Å². The number of unbranched alkanes of at least 4 members (excludes halogenated alkanes) is 1. The average molecular weight is 219 g/mol. The fourth-order valence-electron chi connectivity index (χ4n) is 0.664. The van der Waals surface area contributed by atoms with E-state index in [1.54, 1.807) is 0 Å². The summed E-state index contributed by atoms with van der Waals surface area (Å²) in [6.07, 6.45) is 6.57. The van der Waals surface area contributed by atoms with Crippen LogP contribution in [0, 0.1) is 0 Å². The summed E-state index contributed by atoms with van der Waals surface area (Å²) < 4.78 is 0. The lowest BCUT2D eigenvalue weighted by atomic mass is 10.4. The average Bonchev–Trinajstić information content (AvgIpc) is 2.78. The second-order valence-corrected chi connectivity index (χ2v) is 3.03. The summed E-state index contributed by atoms with van der Waals surface area (Å²) in [5.74, 6) is 0. The van der Waals surface area contributed by atoms with Crippen molar-refractivity contribution in [2.75, 3.05) is 13.1 Å². The van der Waals surface area contributed by atoms with Crippen molar-refractivity contribution in [1.82, 2.24) is 5.32 Å². The van der Waals surface area contributed by atoms with Gasteiger partial charge in [-0.05, 0) is 25.9 Å². The minimum Gasteiger partial charge on any atom is -0.317 e. The predicted molar refractivity (Wildman–Crippen MR) is 68.3 cm³/mol. The molecule has 94 valence electrons. The summed E-state index contributed by atoms with van der Waals surface area (Å²) in [6, 6.07) is 0. The number of nitrogens with one attached hydrogen (secondary N) is 1. The van der Waals surface area contributed by atoms with Crippen molar-refractivity contribution in [3.63, 3.8) is 0 Å². The van der Waals surface area contributed by atoms with Crippen molar-refractivity contribution < 1.29 is 11.0 Å². The van der Waals surface area contributed by atoms with Crippen LogP contribution in [-0.2, 0) is 9.59 Å². The van der Waals surface area contributed by atoms with Crippen LogP contribution < -0.4 is 5.32 Å². The molecule has 1 N–H and O–H groups in total. The first kappa shape index (κ1) is 19.8. The topological polar surface area (TPSA) is 46.2 Å². The van der Waals surface area contributed by atoms with Gasteiger partial charge in [-0.1, -0.05) is 34.1 Å². The lowest BCUT2D eigenvalue weighted by Crippen LogP contribution is -2.03. The molecule has 0 radical (unpaired) electrons. The van der Waals surface area contributed by atoms with Gasteiger partial charge in [0.05, 0.1) is 6.42 Å². The molecule has 0 spiro atoms. The maximum atomic E-state index is 9.17. The van der Waals surface area contributed by atoms with Crippen LogP contribution in [0.1, 0.15) is 54.8 Å². The minimum absolute atomic E-state index is 0. The molecular weight excluding hydrogens is 190 g/mol. The van der Waals surface area contributed by atoms with Gasteiger partial charge in [0.15, 0.2) is 0 Å². The highest BCUT2D eigenvalue weighted by molar-refractivity contribution is 5.72. The number of carbonyl (C=O) groups is 2. The van der Waals surface area contributed by atoms with Crippen LogP contribution in [0.3, 0.4) is 0 Å². The number of aldehydes is 2. The maximum absolute atomic E-state index is 9.17. The van der Waals surface area contributed by atoms with Crippen LogP contribution in [0.5, 0.6) is 0 Å². The Morgan fingerprint density at radius 1 is 1.07 bits per heavy atom. The molecule has 1 aliphatic heterocycles. The van der Waals surface area contributed by atoms with E-state index in [2.05, 4.69) is 19.2 Å². The fraction of sp³-hybridized carbons (Fsp3) is 0.833. The summed E-state index contributed by atoms with van der Waals surface area (Å²) in [5.41, 5.74) is 0. The molecule has 0 aromatic heterocycles. The highest BCUT2D eigenvalue weighted by Crippen LogP contribution is 1.90. The van der Waals surface area contributed by atoms with Gasteiger partial charge in [0.2, 0.25) is 0 Å². The quantitative estimate of drug-likeness (QED) is 0.586. The molecule has 3 heteroatoms. The van der Waals surface area contributed by atoms with Crippen LogP contribution in [-0.4, -0.2) is 25.7 Å². The molecule has 0 aromatic carbocycles.